The molecule has 0 unspecified atom stereocenters. The highest BCUT2D eigenvalue weighted by Gasteiger charge is 2.32. The van der Waals surface area contributed by atoms with Crippen LogP contribution in [0.5, 0.6) is 0 Å². The topological polar surface area (TPSA) is 63.2 Å². The van der Waals surface area contributed by atoms with Crippen LogP contribution in [0.3, 0.4) is 0 Å². The van der Waals surface area contributed by atoms with Crippen molar-refractivity contribution >= 4 is 30.7 Å². The normalized spacial score (nSPS) is 15.1. The highest BCUT2D eigenvalue weighted by molar-refractivity contribution is 5.95. The third-order valence-corrected chi connectivity index (χ3v) is 5.12. The fraction of sp³-hybridized carbons (Fsp3) is 0.429. The Labute approximate surface area is 179 Å². The summed E-state index contributed by atoms with van der Waals surface area (Å²) in [7, 11) is 1.72. The maximum atomic E-state index is 12.7. The Morgan fingerprint density at radius 2 is 1.82 bits per heavy atom. The van der Waals surface area contributed by atoms with Gasteiger partial charge in [0.1, 0.15) is 0 Å². The molecular formula is C21H29Cl2N3O2. The molecule has 5 nitrogen and oxygen atoms in total. The van der Waals surface area contributed by atoms with E-state index in [2.05, 4.69) is 46.8 Å². The summed E-state index contributed by atoms with van der Waals surface area (Å²) in [6.45, 7) is 5.27. The van der Waals surface area contributed by atoms with Crippen LogP contribution in [0.15, 0.2) is 42.7 Å². The fourth-order valence-electron chi connectivity index (χ4n) is 3.47. The van der Waals surface area contributed by atoms with E-state index in [0.717, 1.165) is 37.1 Å². The summed E-state index contributed by atoms with van der Waals surface area (Å²) in [5.41, 5.74) is 3.82. The molecule has 2 N–H and O–H groups in total. The van der Waals surface area contributed by atoms with Gasteiger partial charge in [0.25, 0.3) is 5.91 Å². The average molecular weight is 426 g/mol. The van der Waals surface area contributed by atoms with Crippen molar-refractivity contribution in [2.24, 2.45) is 5.41 Å². The van der Waals surface area contributed by atoms with Gasteiger partial charge in [0.05, 0.1) is 12.2 Å². The number of halogens is 2. The molecule has 0 bridgehead atoms. The summed E-state index contributed by atoms with van der Waals surface area (Å²) in [5, 5.41) is 6.46. The monoisotopic (exact) mass is 425 g/mol. The number of rotatable bonds is 6. The Bertz CT molecular complexity index is 742. The second kappa shape index (κ2) is 11.4. The van der Waals surface area contributed by atoms with Crippen LogP contribution in [0.1, 0.15) is 28.8 Å². The molecule has 1 amide bonds. The minimum atomic E-state index is -0.0829. The van der Waals surface area contributed by atoms with Gasteiger partial charge in [-0.15, -0.1) is 24.8 Å². The smallest absolute Gasteiger partial charge is 0.252 e. The largest absolute Gasteiger partial charge is 0.384 e. The van der Waals surface area contributed by atoms with E-state index in [-0.39, 0.29) is 36.1 Å². The fourth-order valence-corrected chi connectivity index (χ4v) is 3.47. The first-order valence-corrected chi connectivity index (χ1v) is 9.12. The van der Waals surface area contributed by atoms with Crippen molar-refractivity contribution in [1.29, 1.82) is 0 Å². The third kappa shape index (κ3) is 6.17. The van der Waals surface area contributed by atoms with Gasteiger partial charge < -0.3 is 15.4 Å². The molecule has 1 saturated heterocycles. The lowest BCUT2D eigenvalue weighted by Crippen LogP contribution is -2.47. The number of aryl methyl sites for hydroxylation is 1. The van der Waals surface area contributed by atoms with Gasteiger partial charge in [0.15, 0.2) is 0 Å². The number of carbonyl (C=O) groups excluding carboxylic acids is 1. The van der Waals surface area contributed by atoms with Crippen LogP contribution in [-0.4, -0.2) is 44.2 Å². The first-order valence-electron chi connectivity index (χ1n) is 9.12. The lowest BCUT2D eigenvalue weighted by Gasteiger charge is -2.37. The summed E-state index contributed by atoms with van der Waals surface area (Å²) >= 11 is 0. The van der Waals surface area contributed by atoms with Gasteiger partial charge in [-0.3, -0.25) is 9.78 Å². The molecule has 7 heteroatoms. The highest BCUT2D eigenvalue weighted by Crippen LogP contribution is 2.28. The molecule has 28 heavy (non-hydrogen) atoms. The minimum Gasteiger partial charge on any atom is -0.384 e. The number of benzene rings is 1. The Morgan fingerprint density at radius 3 is 2.46 bits per heavy atom. The van der Waals surface area contributed by atoms with Crippen LogP contribution < -0.4 is 10.6 Å². The summed E-state index contributed by atoms with van der Waals surface area (Å²) in [6.07, 6.45) is 5.42. The van der Waals surface area contributed by atoms with Gasteiger partial charge in [-0.05, 0) is 44.5 Å². The molecule has 3 rings (SSSR count). The van der Waals surface area contributed by atoms with Crippen LogP contribution in [0, 0.1) is 12.3 Å². The molecule has 0 spiro atoms. The first kappa shape index (κ1) is 24.4. The number of carbonyl (C=O) groups is 1. The summed E-state index contributed by atoms with van der Waals surface area (Å²) in [6, 6.07) is 10.1. The number of ether oxygens (including phenoxy) is 1. The van der Waals surface area contributed by atoms with Gasteiger partial charge >= 0.3 is 0 Å². The van der Waals surface area contributed by atoms with E-state index in [1.165, 1.54) is 5.56 Å². The molecule has 1 aromatic carbocycles. The van der Waals surface area contributed by atoms with E-state index >= 15 is 0 Å². The maximum Gasteiger partial charge on any atom is 0.252 e. The van der Waals surface area contributed by atoms with Crippen LogP contribution in [-0.2, 0) is 4.74 Å². The molecule has 1 fully saturated rings. The molecule has 0 radical (unpaired) electrons. The van der Waals surface area contributed by atoms with Crippen molar-refractivity contribution in [3.05, 3.63) is 53.9 Å². The van der Waals surface area contributed by atoms with Crippen molar-refractivity contribution in [3.8, 4) is 11.1 Å². The standard InChI is InChI=1S/C21H27N3O2.2ClH/c1-16-3-5-17(6-4-16)18-11-19(13-23-12-18)20(25)24-14-21(15-26-2)7-9-22-10-8-21;;/h3-6,11-13,22H,7-10,14-15H2,1-2H3,(H,24,25);2*1H. The van der Waals surface area contributed by atoms with E-state index in [1.807, 2.05) is 6.07 Å². The second-order valence-corrected chi connectivity index (χ2v) is 7.19. The highest BCUT2D eigenvalue weighted by atomic mass is 35.5. The lowest BCUT2D eigenvalue weighted by molar-refractivity contribution is 0.0511. The Hall–Kier alpha value is -1.66. The zero-order valence-corrected chi connectivity index (χ0v) is 18.0. The predicted octanol–water partition coefficient (Wildman–Crippen LogP) is 3.65. The first-order chi connectivity index (χ1) is 12.6. The summed E-state index contributed by atoms with van der Waals surface area (Å²) < 4.78 is 5.42. The van der Waals surface area contributed by atoms with Crippen LogP contribution in [0.4, 0.5) is 0 Å². The van der Waals surface area contributed by atoms with Gasteiger partial charge in [-0.2, -0.15) is 0 Å². The van der Waals surface area contributed by atoms with Gasteiger partial charge in [-0.1, -0.05) is 29.8 Å². The number of methoxy groups -OCH3 is 1. The van der Waals surface area contributed by atoms with E-state index in [4.69, 9.17) is 4.74 Å². The van der Waals surface area contributed by atoms with E-state index < -0.39 is 0 Å². The molecule has 0 aliphatic carbocycles. The maximum absolute atomic E-state index is 12.7. The molecule has 0 saturated carbocycles. The lowest BCUT2D eigenvalue weighted by atomic mass is 9.79. The number of aromatic nitrogens is 1. The third-order valence-electron chi connectivity index (χ3n) is 5.12. The molecular weight excluding hydrogens is 397 g/mol. The minimum absolute atomic E-state index is 0. The predicted molar refractivity (Wildman–Crippen MR) is 118 cm³/mol. The average Bonchev–Trinajstić information content (AvgIpc) is 2.68. The molecule has 1 aromatic heterocycles. The number of piperidine rings is 1. The molecule has 2 heterocycles. The van der Waals surface area contributed by atoms with E-state index in [1.54, 1.807) is 19.5 Å². The molecule has 1 aliphatic rings. The molecule has 154 valence electrons. The zero-order valence-electron chi connectivity index (χ0n) is 16.4. The van der Waals surface area contributed by atoms with Crippen molar-refractivity contribution in [3.63, 3.8) is 0 Å². The summed E-state index contributed by atoms with van der Waals surface area (Å²) in [4.78, 5) is 16.9. The second-order valence-electron chi connectivity index (χ2n) is 7.19. The summed E-state index contributed by atoms with van der Waals surface area (Å²) in [5.74, 6) is -0.0829. The van der Waals surface area contributed by atoms with E-state index in [9.17, 15) is 4.79 Å². The van der Waals surface area contributed by atoms with Gasteiger partial charge in [-0.25, -0.2) is 0 Å². The molecule has 2 aromatic rings. The van der Waals surface area contributed by atoms with Crippen LogP contribution in [0.25, 0.3) is 11.1 Å². The zero-order chi connectivity index (χ0) is 18.4. The Morgan fingerprint density at radius 1 is 1.14 bits per heavy atom. The quantitative estimate of drug-likeness (QED) is 0.741. The number of hydrogen-bond donors (Lipinski definition) is 2. The Kier molecular flexibility index (Phi) is 9.90. The van der Waals surface area contributed by atoms with Crippen molar-refractivity contribution in [1.82, 2.24) is 15.6 Å². The number of nitrogens with one attached hydrogen (secondary N) is 2. The van der Waals surface area contributed by atoms with Crippen LogP contribution >= 0.6 is 24.8 Å². The SMILES string of the molecule is COCC1(CNC(=O)c2cncc(-c3ccc(C)cc3)c2)CCNCC1.Cl.Cl. The number of pyridine rings is 1. The van der Waals surface area contributed by atoms with E-state index in [0.29, 0.717) is 18.7 Å². The van der Waals surface area contributed by atoms with Gasteiger partial charge in [0, 0.05) is 37.0 Å². The number of amides is 1. The number of nitrogens with zero attached hydrogens (tertiary/aromatic N) is 1. The Balaban J connectivity index is 0.00000196. The van der Waals surface area contributed by atoms with Crippen molar-refractivity contribution < 1.29 is 9.53 Å². The molecule has 1 aliphatic heterocycles. The molecule has 0 atom stereocenters. The number of hydrogen-bond acceptors (Lipinski definition) is 4. The van der Waals surface area contributed by atoms with Crippen molar-refractivity contribution in [2.75, 3.05) is 33.4 Å². The van der Waals surface area contributed by atoms with Gasteiger partial charge in [0.2, 0.25) is 0 Å². The van der Waals surface area contributed by atoms with Crippen LogP contribution in [0.2, 0.25) is 0 Å². The van der Waals surface area contributed by atoms with Crippen molar-refractivity contribution in [2.45, 2.75) is 19.8 Å².